The van der Waals surface area contributed by atoms with E-state index in [1.807, 2.05) is 0 Å². The van der Waals surface area contributed by atoms with E-state index in [1.165, 1.54) is 0 Å². The number of esters is 1. The SMILES string of the molecule is CC(=O)C(O)COC(=O)/C=C/C(=O)O. The second-order valence-corrected chi connectivity index (χ2v) is 2.43. The van der Waals surface area contributed by atoms with Crippen molar-refractivity contribution in [2.75, 3.05) is 6.61 Å². The number of carbonyl (C=O) groups is 3. The molecule has 1 unspecified atom stereocenters. The third-order valence-corrected chi connectivity index (χ3v) is 1.21. The van der Waals surface area contributed by atoms with Gasteiger partial charge in [0.25, 0.3) is 0 Å². The second kappa shape index (κ2) is 5.87. The molecule has 0 spiro atoms. The Morgan fingerprint density at radius 2 is 1.93 bits per heavy atom. The lowest BCUT2D eigenvalue weighted by Crippen LogP contribution is -2.24. The molecule has 2 N–H and O–H groups in total. The smallest absolute Gasteiger partial charge is 0.331 e. The first-order valence-corrected chi connectivity index (χ1v) is 3.69. The van der Waals surface area contributed by atoms with E-state index in [4.69, 9.17) is 10.2 Å². The van der Waals surface area contributed by atoms with Crippen LogP contribution in [0.25, 0.3) is 0 Å². The molecule has 0 aromatic heterocycles. The molecule has 0 aromatic rings. The zero-order valence-electron chi connectivity index (χ0n) is 7.47. The van der Waals surface area contributed by atoms with Crippen molar-refractivity contribution in [3.8, 4) is 0 Å². The average Bonchev–Trinajstić information content (AvgIpc) is 2.10. The van der Waals surface area contributed by atoms with Gasteiger partial charge in [0, 0.05) is 12.2 Å². The maximum atomic E-state index is 10.7. The van der Waals surface area contributed by atoms with E-state index < -0.39 is 30.4 Å². The van der Waals surface area contributed by atoms with Crippen molar-refractivity contribution >= 4 is 17.7 Å². The molecule has 6 nitrogen and oxygen atoms in total. The predicted molar refractivity (Wildman–Crippen MR) is 44.4 cm³/mol. The van der Waals surface area contributed by atoms with Crippen LogP contribution in [0, 0.1) is 0 Å². The van der Waals surface area contributed by atoms with E-state index in [0.29, 0.717) is 12.2 Å². The highest BCUT2D eigenvalue weighted by Gasteiger charge is 2.11. The summed E-state index contributed by atoms with van der Waals surface area (Å²) in [7, 11) is 0. The van der Waals surface area contributed by atoms with Crippen LogP contribution in [-0.2, 0) is 19.1 Å². The number of hydrogen-bond acceptors (Lipinski definition) is 5. The number of Topliss-reactive ketones (excluding diaryl/α,β-unsaturated/α-hetero) is 1. The lowest BCUT2D eigenvalue weighted by atomic mass is 10.3. The summed E-state index contributed by atoms with van der Waals surface area (Å²) in [5.74, 6) is -2.73. The standard InChI is InChI=1S/C8H10O6/c1-5(9)6(10)4-14-8(13)3-2-7(11)12/h2-3,6,10H,4H2,1H3,(H,11,12)/b3-2+. The van der Waals surface area contributed by atoms with Gasteiger partial charge in [-0.15, -0.1) is 0 Å². The minimum atomic E-state index is -1.36. The first-order chi connectivity index (χ1) is 6.43. The minimum absolute atomic E-state index is 0.474. The van der Waals surface area contributed by atoms with Crippen LogP contribution in [0.3, 0.4) is 0 Å². The topological polar surface area (TPSA) is 101 Å². The first-order valence-electron chi connectivity index (χ1n) is 3.69. The summed E-state index contributed by atoms with van der Waals surface area (Å²) in [5.41, 5.74) is 0. The van der Waals surface area contributed by atoms with Crippen molar-refractivity contribution < 1.29 is 29.3 Å². The third-order valence-electron chi connectivity index (χ3n) is 1.21. The van der Waals surface area contributed by atoms with Crippen LogP contribution >= 0.6 is 0 Å². The van der Waals surface area contributed by atoms with Crippen molar-refractivity contribution in [2.24, 2.45) is 0 Å². The summed E-state index contributed by atoms with van der Waals surface area (Å²) in [6.45, 7) is 0.670. The van der Waals surface area contributed by atoms with Crippen LogP contribution in [-0.4, -0.2) is 40.6 Å². The summed E-state index contributed by atoms with van der Waals surface area (Å²) >= 11 is 0. The Morgan fingerprint density at radius 3 is 2.36 bits per heavy atom. The lowest BCUT2D eigenvalue weighted by Gasteiger charge is -2.05. The summed E-state index contributed by atoms with van der Waals surface area (Å²) in [4.78, 5) is 31.1. The molecule has 0 rings (SSSR count). The van der Waals surface area contributed by atoms with Gasteiger partial charge < -0.3 is 14.9 Å². The zero-order valence-corrected chi connectivity index (χ0v) is 7.47. The summed E-state index contributed by atoms with van der Waals surface area (Å²) in [5, 5.41) is 17.0. The average molecular weight is 202 g/mol. The minimum Gasteiger partial charge on any atom is -0.478 e. The van der Waals surface area contributed by atoms with E-state index >= 15 is 0 Å². The molecule has 78 valence electrons. The van der Waals surface area contributed by atoms with Crippen LogP contribution in [0.15, 0.2) is 12.2 Å². The number of ketones is 1. The Kier molecular flexibility index (Phi) is 5.16. The van der Waals surface area contributed by atoms with Crippen LogP contribution in [0.4, 0.5) is 0 Å². The van der Waals surface area contributed by atoms with Gasteiger partial charge in [-0.1, -0.05) is 0 Å². The highest BCUT2D eigenvalue weighted by atomic mass is 16.5. The number of hydrogen-bond donors (Lipinski definition) is 2. The number of carbonyl (C=O) groups excluding carboxylic acids is 2. The summed E-state index contributed by atoms with van der Waals surface area (Å²) in [6.07, 6.45) is -0.0744. The molecule has 0 heterocycles. The fourth-order valence-electron chi connectivity index (χ4n) is 0.466. The van der Waals surface area contributed by atoms with E-state index in [-0.39, 0.29) is 0 Å². The van der Waals surface area contributed by atoms with E-state index in [2.05, 4.69) is 4.74 Å². The molecule has 0 aliphatic carbocycles. The molecule has 0 saturated heterocycles. The number of aliphatic hydroxyl groups is 1. The Hall–Kier alpha value is -1.69. The number of ether oxygens (including phenoxy) is 1. The van der Waals surface area contributed by atoms with Gasteiger partial charge in [0.05, 0.1) is 0 Å². The summed E-state index contributed by atoms with van der Waals surface area (Å²) < 4.78 is 4.36. The van der Waals surface area contributed by atoms with E-state index in [0.717, 1.165) is 6.92 Å². The van der Waals surface area contributed by atoms with Gasteiger partial charge >= 0.3 is 11.9 Å². The Labute approximate surface area is 79.8 Å². The molecule has 0 amide bonds. The van der Waals surface area contributed by atoms with Gasteiger partial charge in [0.15, 0.2) is 5.78 Å². The molecule has 0 aromatic carbocycles. The number of aliphatic carboxylic acids is 1. The molecule has 0 aliphatic heterocycles. The number of rotatable bonds is 5. The van der Waals surface area contributed by atoms with Gasteiger partial charge in [0.1, 0.15) is 12.7 Å². The molecule has 0 saturated carbocycles. The fraction of sp³-hybridized carbons (Fsp3) is 0.375. The van der Waals surface area contributed by atoms with Gasteiger partial charge in [0.2, 0.25) is 0 Å². The Bertz CT molecular complexity index is 267. The van der Waals surface area contributed by atoms with Gasteiger partial charge in [-0.25, -0.2) is 9.59 Å². The van der Waals surface area contributed by atoms with Crippen molar-refractivity contribution in [3.05, 3.63) is 12.2 Å². The van der Waals surface area contributed by atoms with E-state index in [1.54, 1.807) is 0 Å². The van der Waals surface area contributed by atoms with Gasteiger partial charge in [-0.05, 0) is 6.92 Å². The predicted octanol–water partition coefficient (Wildman–Crippen LogP) is -0.880. The molecule has 1 atom stereocenters. The molecule has 0 aliphatic rings. The van der Waals surface area contributed by atoms with Crippen LogP contribution < -0.4 is 0 Å². The molecule has 0 radical (unpaired) electrons. The molecule has 0 bridgehead atoms. The Morgan fingerprint density at radius 1 is 1.36 bits per heavy atom. The largest absolute Gasteiger partial charge is 0.478 e. The normalized spacial score (nSPS) is 12.4. The first kappa shape index (κ1) is 12.3. The van der Waals surface area contributed by atoms with Crippen LogP contribution in [0.2, 0.25) is 0 Å². The van der Waals surface area contributed by atoms with Crippen LogP contribution in [0.5, 0.6) is 0 Å². The van der Waals surface area contributed by atoms with Gasteiger partial charge in [-0.3, -0.25) is 4.79 Å². The third kappa shape index (κ3) is 5.90. The monoisotopic (exact) mass is 202 g/mol. The highest BCUT2D eigenvalue weighted by molar-refractivity contribution is 5.91. The molecule has 0 fully saturated rings. The summed E-state index contributed by atoms with van der Waals surface area (Å²) in [6, 6.07) is 0. The van der Waals surface area contributed by atoms with E-state index in [9.17, 15) is 14.4 Å². The maximum absolute atomic E-state index is 10.7. The molecular weight excluding hydrogens is 192 g/mol. The number of aliphatic hydroxyl groups excluding tert-OH is 1. The fourth-order valence-corrected chi connectivity index (χ4v) is 0.466. The number of carboxylic acids is 1. The molecule has 14 heavy (non-hydrogen) atoms. The highest BCUT2D eigenvalue weighted by Crippen LogP contribution is 1.89. The number of carboxylic acid groups (broad SMARTS) is 1. The zero-order chi connectivity index (χ0) is 11.1. The quantitative estimate of drug-likeness (QED) is 0.443. The van der Waals surface area contributed by atoms with Crippen molar-refractivity contribution in [1.82, 2.24) is 0 Å². The van der Waals surface area contributed by atoms with Gasteiger partial charge in [-0.2, -0.15) is 0 Å². The second-order valence-electron chi connectivity index (χ2n) is 2.43. The molecular formula is C8H10O6. The van der Waals surface area contributed by atoms with Crippen molar-refractivity contribution in [3.63, 3.8) is 0 Å². The lowest BCUT2D eigenvalue weighted by molar-refractivity contribution is -0.144. The van der Waals surface area contributed by atoms with Crippen molar-refractivity contribution in [2.45, 2.75) is 13.0 Å². The van der Waals surface area contributed by atoms with Crippen molar-refractivity contribution in [1.29, 1.82) is 0 Å². The molecule has 6 heteroatoms. The van der Waals surface area contributed by atoms with Crippen LogP contribution in [0.1, 0.15) is 6.92 Å². The maximum Gasteiger partial charge on any atom is 0.331 e. The Balaban J connectivity index is 3.86.